The van der Waals surface area contributed by atoms with Gasteiger partial charge in [-0.3, -0.25) is 0 Å². The summed E-state index contributed by atoms with van der Waals surface area (Å²) >= 11 is 1.73. The van der Waals surface area contributed by atoms with Crippen LogP contribution < -0.4 is 10.1 Å². The van der Waals surface area contributed by atoms with Crippen molar-refractivity contribution in [2.45, 2.75) is 46.3 Å². The van der Waals surface area contributed by atoms with Gasteiger partial charge in [0.1, 0.15) is 17.2 Å². The molecule has 0 aliphatic carbocycles. The molecule has 20 heavy (non-hydrogen) atoms. The largest absolute Gasteiger partial charge is 0.475 e. The second-order valence-electron chi connectivity index (χ2n) is 4.79. The summed E-state index contributed by atoms with van der Waals surface area (Å²) in [5.74, 6) is 1.33. The summed E-state index contributed by atoms with van der Waals surface area (Å²) in [5.41, 5.74) is 0. The van der Waals surface area contributed by atoms with E-state index in [4.69, 9.17) is 4.74 Å². The minimum Gasteiger partial charge on any atom is -0.475 e. The molecule has 0 bridgehead atoms. The fourth-order valence-electron chi connectivity index (χ4n) is 1.69. The number of aryl methyl sites for hydroxylation is 1. The van der Waals surface area contributed by atoms with E-state index < -0.39 is 0 Å². The summed E-state index contributed by atoms with van der Waals surface area (Å²) in [6.07, 6.45) is 4.56. The van der Waals surface area contributed by atoms with Crippen molar-refractivity contribution in [3.05, 3.63) is 28.5 Å². The van der Waals surface area contributed by atoms with Crippen molar-refractivity contribution in [3.63, 3.8) is 0 Å². The minimum absolute atomic E-state index is 0.0984. The molecule has 2 rings (SSSR count). The molecule has 2 aromatic rings. The predicted molar refractivity (Wildman–Crippen MR) is 81.3 cm³/mol. The third-order valence-electron chi connectivity index (χ3n) is 2.65. The van der Waals surface area contributed by atoms with Crippen LogP contribution in [0.25, 0.3) is 0 Å². The Balaban J connectivity index is 2.05. The maximum absolute atomic E-state index is 5.56. The SMILES string of the molecule is CCc1cnc(C(C)Nc2cc(OC(C)C)ncn2)s1. The highest BCUT2D eigenvalue weighted by Gasteiger charge is 2.11. The van der Waals surface area contributed by atoms with Gasteiger partial charge in [-0.2, -0.15) is 0 Å². The Morgan fingerprint density at radius 1 is 1.25 bits per heavy atom. The normalized spacial score (nSPS) is 12.4. The predicted octanol–water partition coefficient (Wildman–Crippen LogP) is 3.46. The zero-order valence-electron chi connectivity index (χ0n) is 12.3. The highest BCUT2D eigenvalue weighted by molar-refractivity contribution is 7.11. The van der Waals surface area contributed by atoms with Gasteiger partial charge >= 0.3 is 0 Å². The Morgan fingerprint density at radius 2 is 2.05 bits per heavy atom. The molecule has 1 atom stereocenters. The Labute approximate surface area is 123 Å². The molecule has 0 radical (unpaired) electrons. The average molecular weight is 292 g/mol. The Kier molecular flexibility index (Phi) is 4.89. The molecule has 0 fully saturated rings. The van der Waals surface area contributed by atoms with Crippen molar-refractivity contribution in [2.24, 2.45) is 0 Å². The molecule has 0 spiro atoms. The van der Waals surface area contributed by atoms with E-state index in [1.54, 1.807) is 11.3 Å². The summed E-state index contributed by atoms with van der Waals surface area (Å²) in [6.45, 7) is 8.15. The van der Waals surface area contributed by atoms with Crippen molar-refractivity contribution in [1.29, 1.82) is 0 Å². The number of nitrogens with zero attached hydrogens (tertiary/aromatic N) is 3. The van der Waals surface area contributed by atoms with Crippen LogP contribution in [0.2, 0.25) is 0 Å². The number of hydrogen-bond acceptors (Lipinski definition) is 6. The van der Waals surface area contributed by atoms with Crippen LogP contribution in [0.4, 0.5) is 5.82 Å². The van der Waals surface area contributed by atoms with Gasteiger partial charge in [-0.05, 0) is 27.2 Å². The van der Waals surface area contributed by atoms with Crippen LogP contribution in [0, 0.1) is 0 Å². The summed E-state index contributed by atoms with van der Waals surface area (Å²) in [7, 11) is 0. The lowest BCUT2D eigenvalue weighted by molar-refractivity contribution is 0.232. The molecule has 0 aliphatic rings. The number of aromatic nitrogens is 3. The van der Waals surface area contributed by atoms with Gasteiger partial charge in [0.05, 0.1) is 12.1 Å². The number of rotatable bonds is 6. The number of thiazole rings is 1. The van der Waals surface area contributed by atoms with Gasteiger partial charge in [0.2, 0.25) is 5.88 Å². The van der Waals surface area contributed by atoms with Gasteiger partial charge in [-0.25, -0.2) is 15.0 Å². The smallest absolute Gasteiger partial charge is 0.218 e. The highest BCUT2D eigenvalue weighted by Crippen LogP contribution is 2.24. The van der Waals surface area contributed by atoms with Crippen LogP contribution in [-0.2, 0) is 6.42 Å². The average Bonchev–Trinajstić information content (AvgIpc) is 2.87. The van der Waals surface area contributed by atoms with Crippen molar-refractivity contribution in [3.8, 4) is 5.88 Å². The van der Waals surface area contributed by atoms with Gasteiger partial charge in [-0.1, -0.05) is 6.92 Å². The van der Waals surface area contributed by atoms with Crippen molar-refractivity contribution >= 4 is 17.2 Å². The standard InChI is InChI=1S/C14H20N4OS/c1-5-11-7-15-14(20-11)10(4)18-12-6-13(17-8-16-12)19-9(2)3/h6-10H,5H2,1-4H3,(H,16,17,18). The van der Waals surface area contributed by atoms with Gasteiger partial charge in [0.25, 0.3) is 0 Å². The van der Waals surface area contributed by atoms with Gasteiger partial charge in [0.15, 0.2) is 0 Å². The Bertz CT molecular complexity index is 556. The third kappa shape index (κ3) is 3.90. The van der Waals surface area contributed by atoms with Crippen LogP contribution in [0.3, 0.4) is 0 Å². The first kappa shape index (κ1) is 14.7. The lowest BCUT2D eigenvalue weighted by Crippen LogP contribution is -2.10. The topological polar surface area (TPSA) is 59.9 Å². The molecule has 6 heteroatoms. The third-order valence-corrected chi connectivity index (χ3v) is 3.98. The lowest BCUT2D eigenvalue weighted by atomic mass is 10.3. The first-order chi connectivity index (χ1) is 9.58. The summed E-state index contributed by atoms with van der Waals surface area (Å²) in [5, 5.41) is 4.39. The second-order valence-corrected chi connectivity index (χ2v) is 5.94. The second kappa shape index (κ2) is 6.65. The molecule has 1 N–H and O–H groups in total. The lowest BCUT2D eigenvalue weighted by Gasteiger charge is -2.13. The van der Waals surface area contributed by atoms with E-state index in [9.17, 15) is 0 Å². The first-order valence-corrected chi connectivity index (χ1v) is 7.60. The molecule has 0 aromatic carbocycles. The quantitative estimate of drug-likeness (QED) is 0.883. The molecule has 0 aliphatic heterocycles. The van der Waals surface area contributed by atoms with Crippen molar-refractivity contribution in [2.75, 3.05) is 5.32 Å². The van der Waals surface area contributed by atoms with E-state index in [2.05, 4.69) is 34.1 Å². The summed E-state index contributed by atoms with van der Waals surface area (Å²) < 4.78 is 5.56. The highest BCUT2D eigenvalue weighted by atomic mass is 32.1. The molecule has 108 valence electrons. The molecule has 0 saturated carbocycles. The number of nitrogens with one attached hydrogen (secondary N) is 1. The molecule has 0 saturated heterocycles. The van der Waals surface area contributed by atoms with Crippen LogP contribution in [-0.4, -0.2) is 21.1 Å². The number of anilines is 1. The van der Waals surface area contributed by atoms with Crippen LogP contribution in [0.15, 0.2) is 18.6 Å². The van der Waals surface area contributed by atoms with E-state index >= 15 is 0 Å². The molecular formula is C14H20N4OS. The van der Waals surface area contributed by atoms with Gasteiger partial charge in [-0.15, -0.1) is 11.3 Å². The molecule has 0 amide bonds. The van der Waals surface area contributed by atoms with Gasteiger partial charge < -0.3 is 10.1 Å². The van der Waals surface area contributed by atoms with Crippen molar-refractivity contribution < 1.29 is 4.74 Å². The summed E-state index contributed by atoms with van der Waals surface area (Å²) in [6, 6.07) is 1.92. The van der Waals surface area contributed by atoms with Crippen LogP contribution in [0.5, 0.6) is 5.88 Å². The van der Waals surface area contributed by atoms with E-state index in [-0.39, 0.29) is 12.1 Å². The van der Waals surface area contributed by atoms with E-state index in [1.165, 1.54) is 11.2 Å². The molecule has 2 aromatic heterocycles. The monoisotopic (exact) mass is 292 g/mol. The summed E-state index contributed by atoms with van der Waals surface area (Å²) in [4.78, 5) is 14.0. The minimum atomic E-state index is 0.0984. The first-order valence-electron chi connectivity index (χ1n) is 6.78. The van der Waals surface area contributed by atoms with E-state index in [0.29, 0.717) is 5.88 Å². The molecule has 2 heterocycles. The Morgan fingerprint density at radius 3 is 2.70 bits per heavy atom. The zero-order valence-corrected chi connectivity index (χ0v) is 13.1. The molecule has 1 unspecified atom stereocenters. The van der Waals surface area contributed by atoms with Crippen LogP contribution in [0.1, 0.15) is 43.6 Å². The van der Waals surface area contributed by atoms with Crippen LogP contribution >= 0.6 is 11.3 Å². The maximum Gasteiger partial charge on any atom is 0.218 e. The fourth-order valence-corrected chi connectivity index (χ4v) is 2.55. The number of ether oxygens (including phenoxy) is 1. The molecular weight excluding hydrogens is 272 g/mol. The van der Waals surface area contributed by atoms with Crippen molar-refractivity contribution in [1.82, 2.24) is 15.0 Å². The maximum atomic E-state index is 5.56. The number of hydrogen-bond donors (Lipinski definition) is 1. The van der Waals surface area contributed by atoms with E-state index in [0.717, 1.165) is 17.2 Å². The fraction of sp³-hybridized carbons (Fsp3) is 0.500. The zero-order chi connectivity index (χ0) is 14.5. The Hall–Kier alpha value is -1.69. The van der Waals surface area contributed by atoms with E-state index in [1.807, 2.05) is 26.1 Å². The van der Waals surface area contributed by atoms with Gasteiger partial charge in [0, 0.05) is 17.1 Å². The molecule has 5 nitrogen and oxygen atoms in total.